The van der Waals surface area contributed by atoms with Crippen LogP contribution in [-0.4, -0.2) is 15.9 Å². The molecule has 0 amide bonds. The van der Waals surface area contributed by atoms with Crippen LogP contribution in [0.4, 0.5) is 0 Å². The van der Waals surface area contributed by atoms with Gasteiger partial charge in [0.1, 0.15) is 5.75 Å². The van der Waals surface area contributed by atoms with E-state index in [4.69, 9.17) is 4.74 Å². The Morgan fingerprint density at radius 2 is 1.79 bits per heavy atom. The van der Waals surface area contributed by atoms with E-state index in [-0.39, 0.29) is 11.9 Å². The highest BCUT2D eigenvalue weighted by molar-refractivity contribution is 5.76. The van der Waals surface area contributed by atoms with Crippen molar-refractivity contribution >= 4 is 5.97 Å². The maximum absolute atomic E-state index is 12.9. The minimum atomic E-state index is -0.0852. The molecule has 0 N–H and O–H groups in total. The fraction of sp³-hybridized carbons (Fsp3) is 0.552. The molecule has 1 aliphatic rings. The fourth-order valence-electron chi connectivity index (χ4n) is 4.73. The first kappa shape index (κ1) is 25.1. The zero-order valence-electron chi connectivity index (χ0n) is 20.5. The number of aromatic nitrogens is 2. The SMILES string of the molecule is C=CCc1cc(-c2ncc(CC)cn2)ccc1OC(=O)[C@H]1CC[C@H](CCCCCCC)CC1. The van der Waals surface area contributed by atoms with Crippen LogP contribution in [0.5, 0.6) is 5.75 Å². The predicted octanol–water partition coefficient (Wildman–Crippen LogP) is 7.51. The molecule has 0 aliphatic heterocycles. The average molecular weight is 449 g/mol. The van der Waals surface area contributed by atoms with Gasteiger partial charge in [0.25, 0.3) is 0 Å². The van der Waals surface area contributed by atoms with E-state index in [1.807, 2.05) is 36.7 Å². The zero-order valence-corrected chi connectivity index (χ0v) is 20.5. The first-order valence-electron chi connectivity index (χ1n) is 12.9. The molecule has 1 heterocycles. The van der Waals surface area contributed by atoms with E-state index in [9.17, 15) is 4.79 Å². The quantitative estimate of drug-likeness (QED) is 0.146. The molecule has 33 heavy (non-hydrogen) atoms. The van der Waals surface area contributed by atoms with Crippen LogP contribution in [0.25, 0.3) is 11.4 Å². The Hall–Kier alpha value is -2.49. The molecule has 1 fully saturated rings. The summed E-state index contributed by atoms with van der Waals surface area (Å²) in [6, 6.07) is 5.83. The van der Waals surface area contributed by atoms with Crippen molar-refractivity contribution in [2.75, 3.05) is 0 Å². The van der Waals surface area contributed by atoms with Crippen molar-refractivity contribution in [3.8, 4) is 17.1 Å². The summed E-state index contributed by atoms with van der Waals surface area (Å²) in [5, 5.41) is 0. The first-order chi connectivity index (χ1) is 16.1. The molecular weight excluding hydrogens is 408 g/mol. The maximum atomic E-state index is 12.9. The fourth-order valence-corrected chi connectivity index (χ4v) is 4.73. The molecule has 0 radical (unpaired) electrons. The molecule has 0 saturated heterocycles. The highest BCUT2D eigenvalue weighted by atomic mass is 16.5. The Bertz CT molecular complexity index is 883. The molecule has 4 nitrogen and oxygen atoms in total. The Morgan fingerprint density at radius 3 is 2.45 bits per heavy atom. The highest BCUT2D eigenvalue weighted by Crippen LogP contribution is 2.34. The van der Waals surface area contributed by atoms with E-state index in [0.29, 0.717) is 18.0 Å². The number of carbonyl (C=O) groups excluding carboxylic acids is 1. The molecule has 3 rings (SSSR count). The van der Waals surface area contributed by atoms with Crippen LogP contribution < -0.4 is 4.74 Å². The van der Waals surface area contributed by atoms with Crippen LogP contribution in [0.2, 0.25) is 0 Å². The lowest BCUT2D eigenvalue weighted by Gasteiger charge is -2.27. The second kappa shape index (κ2) is 13.3. The number of allylic oxidation sites excluding steroid dienone is 1. The predicted molar refractivity (Wildman–Crippen MR) is 135 cm³/mol. The van der Waals surface area contributed by atoms with E-state index >= 15 is 0 Å². The zero-order chi connectivity index (χ0) is 23.5. The molecule has 1 aliphatic carbocycles. The van der Waals surface area contributed by atoms with Gasteiger partial charge in [0.2, 0.25) is 0 Å². The molecule has 1 aromatic carbocycles. The normalized spacial score (nSPS) is 18.1. The standard InChI is InChI=1S/C29H40N2O2/c1-4-7-8-9-10-12-23-13-15-24(16-14-23)29(32)33-27-18-17-26(19-25(27)11-5-2)28-30-20-22(6-3)21-31-28/h5,17-21,23-24H,2,4,6-16H2,1,3H3/t23-,24-. The molecular formula is C29H40N2O2. The van der Waals surface area contributed by atoms with E-state index in [0.717, 1.165) is 54.7 Å². The summed E-state index contributed by atoms with van der Waals surface area (Å²) in [5.41, 5.74) is 2.98. The summed E-state index contributed by atoms with van der Waals surface area (Å²) < 4.78 is 5.90. The number of ether oxygens (including phenoxy) is 1. The molecule has 178 valence electrons. The lowest BCUT2D eigenvalue weighted by Crippen LogP contribution is -2.26. The number of benzene rings is 1. The summed E-state index contributed by atoms with van der Waals surface area (Å²) in [7, 11) is 0. The van der Waals surface area contributed by atoms with Gasteiger partial charge in [-0.3, -0.25) is 4.79 Å². The molecule has 0 bridgehead atoms. The van der Waals surface area contributed by atoms with Crippen LogP contribution in [0.1, 0.15) is 89.2 Å². The number of aryl methyl sites for hydroxylation is 1. The average Bonchev–Trinajstić information content (AvgIpc) is 2.85. The lowest BCUT2D eigenvalue weighted by atomic mass is 9.79. The van der Waals surface area contributed by atoms with Gasteiger partial charge < -0.3 is 4.74 Å². The Labute approximate surface area is 199 Å². The molecule has 0 atom stereocenters. The highest BCUT2D eigenvalue weighted by Gasteiger charge is 2.28. The van der Waals surface area contributed by atoms with Crippen LogP contribution in [0.3, 0.4) is 0 Å². The first-order valence-corrected chi connectivity index (χ1v) is 12.9. The molecule has 2 aromatic rings. The Morgan fingerprint density at radius 1 is 1.06 bits per heavy atom. The van der Waals surface area contributed by atoms with Crippen molar-refractivity contribution in [3.05, 3.63) is 54.4 Å². The topological polar surface area (TPSA) is 52.1 Å². The minimum absolute atomic E-state index is 0.0162. The molecule has 1 saturated carbocycles. The number of unbranched alkanes of at least 4 members (excludes halogenated alkanes) is 4. The van der Waals surface area contributed by atoms with Gasteiger partial charge in [-0.1, -0.05) is 58.4 Å². The maximum Gasteiger partial charge on any atom is 0.314 e. The number of nitrogens with zero attached hydrogens (tertiary/aromatic N) is 2. The summed E-state index contributed by atoms with van der Waals surface area (Å²) >= 11 is 0. The minimum Gasteiger partial charge on any atom is -0.426 e. The number of carbonyl (C=O) groups is 1. The van der Waals surface area contributed by atoms with E-state index < -0.39 is 0 Å². The van der Waals surface area contributed by atoms with Crippen molar-refractivity contribution in [2.45, 2.75) is 90.9 Å². The van der Waals surface area contributed by atoms with Gasteiger partial charge in [-0.2, -0.15) is 0 Å². The van der Waals surface area contributed by atoms with Crippen LogP contribution >= 0.6 is 0 Å². The van der Waals surface area contributed by atoms with Gasteiger partial charge >= 0.3 is 5.97 Å². The van der Waals surface area contributed by atoms with E-state index in [1.54, 1.807) is 0 Å². The van der Waals surface area contributed by atoms with Crippen LogP contribution in [0, 0.1) is 11.8 Å². The van der Waals surface area contributed by atoms with Gasteiger partial charge in [-0.15, -0.1) is 6.58 Å². The molecule has 0 spiro atoms. The van der Waals surface area contributed by atoms with Crippen molar-refractivity contribution in [1.29, 1.82) is 0 Å². The smallest absolute Gasteiger partial charge is 0.314 e. The van der Waals surface area contributed by atoms with Gasteiger partial charge in [-0.25, -0.2) is 9.97 Å². The third kappa shape index (κ3) is 7.52. The summed E-state index contributed by atoms with van der Waals surface area (Å²) in [6.07, 6.45) is 19.3. The number of hydrogen-bond donors (Lipinski definition) is 0. The monoisotopic (exact) mass is 448 g/mol. The Balaban J connectivity index is 1.56. The van der Waals surface area contributed by atoms with Gasteiger partial charge in [-0.05, 0) is 73.8 Å². The third-order valence-electron chi connectivity index (χ3n) is 6.90. The second-order valence-electron chi connectivity index (χ2n) is 9.43. The number of rotatable bonds is 12. The third-order valence-corrected chi connectivity index (χ3v) is 6.90. The molecule has 0 unspecified atom stereocenters. The Kier molecular flexibility index (Phi) is 10.1. The van der Waals surface area contributed by atoms with Crippen molar-refractivity contribution in [2.24, 2.45) is 11.8 Å². The lowest BCUT2D eigenvalue weighted by molar-refractivity contribution is -0.140. The van der Waals surface area contributed by atoms with Crippen molar-refractivity contribution in [3.63, 3.8) is 0 Å². The molecule has 1 aromatic heterocycles. The van der Waals surface area contributed by atoms with Crippen LogP contribution in [0.15, 0.2) is 43.2 Å². The second-order valence-corrected chi connectivity index (χ2v) is 9.43. The largest absolute Gasteiger partial charge is 0.426 e. The van der Waals surface area contributed by atoms with Gasteiger partial charge in [0, 0.05) is 18.0 Å². The van der Waals surface area contributed by atoms with Gasteiger partial charge in [0.05, 0.1) is 5.92 Å². The van der Waals surface area contributed by atoms with Crippen molar-refractivity contribution < 1.29 is 9.53 Å². The summed E-state index contributed by atoms with van der Waals surface area (Å²) in [4.78, 5) is 21.9. The van der Waals surface area contributed by atoms with Crippen molar-refractivity contribution in [1.82, 2.24) is 9.97 Å². The molecule has 4 heteroatoms. The van der Waals surface area contributed by atoms with Crippen LogP contribution in [-0.2, 0) is 17.6 Å². The summed E-state index contributed by atoms with van der Waals surface area (Å²) in [6.45, 7) is 8.22. The number of hydrogen-bond acceptors (Lipinski definition) is 4. The van der Waals surface area contributed by atoms with Gasteiger partial charge in [0.15, 0.2) is 5.82 Å². The van der Waals surface area contributed by atoms with E-state index in [1.165, 1.54) is 38.5 Å². The van der Waals surface area contributed by atoms with E-state index in [2.05, 4.69) is 30.4 Å². The number of esters is 1. The summed E-state index contributed by atoms with van der Waals surface area (Å²) in [5.74, 6) is 2.03.